The summed E-state index contributed by atoms with van der Waals surface area (Å²) in [6.45, 7) is 0.344. The van der Waals surface area contributed by atoms with Crippen LogP contribution in [0.2, 0.25) is 0 Å². The van der Waals surface area contributed by atoms with E-state index in [1.807, 2.05) is 30.3 Å². The minimum atomic E-state index is -1.18. The van der Waals surface area contributed by atoms with Crippen molar-refractivity contribution in [1.82, 2.24) is 5.32 Å². The maximum atomic E-state index is 12.3. The number of alkyl carbamates (subject to hydrolysis) is 1. The Balaban J connectivity index is 1.14. The van der Waals surface area contributed by atoms with Gasteiger partial charge in [-0.2, -0.15) is 0 Å². The molecule has 0 radical (unpaired) electrons. The van der Waals surface area contributed by atoms with Crippen LogP contribution in [0.3, 0.4) is 0 Å². The lowest BCUT2D eigenvalue weighted by Gasteiger charge is -2.21. The van der Waals surface area contributed by atoms with E-state index < -0.39 is 18.3 Å². The Kier molecular flexibility index (Phi) is 6.04. The van der Waals surface area contributed by atoms with Crippen LogP contribution >= 0.6 is 0 Å². The predicted octanol–water partition coefficient (Wildman–Crippen LogP) is 3.50. The molecule has 5 rings (SSSR count). The van der Waals surface area contributed by atoms with E-state index in [0.29, 0.717) is 11.3 Å². The van der Waals surface area contributed by atoms with Gasteiger partial charge in [0.05, 0.1) is 18.2 Å². The van der Waals surface area contributed by atoms with Crippen LogP contribution in [0.1, 0.15) is 40.7 Å². The van der Waals surface area contributed by atoms with E-state index in [9.17, 15) is 19.8 Å². The number of nitrogens with one attached hydrogen (secondary N) is 2. The van der Waals surface area contributed by atoms with Gasteiger partial charge in [0.1, 0.15) is 12.7 Å². The average Bonchev–Trinajstić information content (AvgIpc) is 3.39. The fourth-order valence-corrected chi connectivity index (χ4v) is 4.86. The first-order valence-corrected chi connectivity index (χ1v) is 11.4. The summed E-state index contributed by atoms with van der Waals surface area (Å²) in [5, 5.41) is 26.4. The van der Waals surface area contributed by atoms with Gasteiger partial charge in [-0.3, -0.25) is 4.79 Å². The molecule has 0 aromatic heterocycles. The Hall–Kier alpha value is -3.68. The van der Waals surface area contributed by atoms with Crippen LogP contribution in [0, 0.1) is 0 Å². The van der Waals surface area contributed by atoms with Crippen molar-refractivity contribution < 1.29 is 24.5 Å². The zero-order valence-electron chi connectivity index (χ0n) is 18.5. The standard InChI is InChI=1S/C27H26N2O5/c30-23(26(32)21-11-5-6-16-14-24(31)29-25(16)21)12-13-28-27(33)34-15-22-19-9-3-1-7-17(19)18-8-2-4-10-20(18)22/h1-11,22-23,26,30,32H,12-15H2,(H,28,33)(H,29,31). The summed E-state index contributed by atoms with van der Waals surface area (Å²) >= 11 is 0. The molecule has 2 amide bonds. The Bertz CT molecular complexity index is 1200. The molecule has 4 N–H and O–H groups in total. The van der Waals surface area contributed by atoms with Crippen LogP contribution in [0.4, 0.5) is 10.5 Å². The largest absolute Gasteiger partial charge is 0.449 e. The summed E-state index contributed by atoms with van der Waals surface area (Å²) in [5.41, 5.74) is 6.42. The number of hydrogen-bond acceptors (Lipinski definition) is 5. The van der Waals surface area contributed by atoms with Crippen molar-refractivity contribution in [3.63, 3.8) is 0 Å². The van der Waals surface area contributed by atoms with Crippen molar-refractivity contribution in [2.45, 2.75) is 31.0 Å². The molecule has 1 aliphatic carbocycles. The van der Waals surface area contributed by atoms with Gasteiger partial charge in [-0.15, -0.1) is 0 Å². The first-order chi connectivity index (χ1) is 16.5. The van der Waals surface area contributed by atoms with E-state index in [2.05, 4.69) is 34.9 Å². The van der Waals surface area contributed by atoms with E-state index in [0.717, 1.165) is 27.8 Å². The quantitative estimate of drug-likeness (QED) is 0.433. The fourth-order valence-electron chi connectivity index (χ4n) is 4.86. The molecular formula is C27H26N2O5. The van der Waals surface area contributed by atoms with Gasteiger partial charge in [0, 0.05) is 18.0 Å². The van der Waals surface area contributed by atoms with Crippen LogP contribution in [0.5, 0.6) is 0 Å². The van der Waals surface area contributed by atoms with Crippen molar-refractivity contribution in [2.75, 3.05) is 18.5 Å². The van der Waals surface area contributed by atoms with Crippen molar-refractivity contribution >= 4 is 17.7 Å². The molecule has 0 spiro atoms. The maximum Gasteiger partial charge on any atom is 0.407 e. The van der Waals surface area contributed by atoms with Gasteiger partial charge in [0.25, 0.3) is 0 Å². The highest BCUT2D eigenvalue weighted by Crippen LogP contribution is 2.44. The van der Waals surface area contributed by atoms with Crippen LogP contribution < -0.4 is 10.6 Å². The Morgan fingerprint density at radius 1 is 1.00 bits per heavy atom. The molecule has 0 fully saturated rings. The summed E-state index contributed by atoms with van der Waals surface area (Å²) in [6, 6.07) is 21.5. The zero-order chi connectivity index (χ0) is 23.7. The topological polar surface area (TPSA) is 108 Å². The molecule has 2 atom stereocenters. The fraction of sp³-hybridized carbons (Fsp3) is 0.259. The average molecular weight is 459 g/mol. The van der Waals surface area contributed by atoms with Gasteiger partial charge >= 0.3 is 6.09 Å². The summed E-state index contributed by atoms with van der Waals surface area (Å²) < 4.78 is 5.50. The van der Waals surface area contributed by atoms with E-state index in [4.69, 9.17) is 4.74 Å². The first kappa shape index (κ1) is 22.1. The summed E-state index contributed by atoms with van der Waals surface area (Å²) in [7, 11) is 0. The molecule has 2 aliphatic rings. The maximum absolute atomic E-state index is 12.3. The highest BCUT2D eigenvalue weighted by molar-refractivity contribution is 6.00. The molecule has 174 valence electrons. The molecule has 2 unspecified atom stereocenters. The highest BCUT2D eigenvalue weighted by Gasteiger charge is 2.29. The number of amides is 2. The van der Waals surface area contributed by atoms with Crippen molar-refractivity contribution in [2.24, 2.45) is 0 Å². The van der Waals surface area contributed by atoms with Crippen LogP contribution in [-0.4, -0.2) is 41.5 Å². The number of carbonyl (C=O) groups excluding carboxylic acids is 2. The Morgan fingerprint density at radius 2 is 1.68 bits per heavy atom. The molecule has 0 bridgehead atoms. The first-order valence-electron chi connectivity index (χ1n) is 11.4. The third-order valence-electron chi connectivity index (χ3n) is 6.53. The van der Waals surface area contributed by atoms with E-state index in [1.165, 1.54) is 0 Å². The third kappa shape index (κ3) is 4.16. The van der Waals surface area contributed by atoms with Gasteiger partial charge in [0.15, 0.2) is 0 Å². The van der Waals surface area contributed by atoms with Crippen LogP contribution in [-0.2, 0) is 16.0 Å². The van der Waals surface area contributed by atoms with Gasteiger partial charge in [-0.05, 0) is 34.2 Å². The number of hydrogen-bond donors (Lipinski definition) is 4. The summed E-state index contributed by atoms with van der Waals surface area (Å²) in [5.74, 6) is -0.165. The number of ether oxygens (including phenoxy) is 1. The van der Waals surface area contributed by atoms with Crippen molar-refractivity contribution in [3.8, 4) is 11.1 Å². The lowest BCUT2D eigenvalue weighted by Crippen LogP contribution is -2.30. The number of para-hydroxylation sites is 1. The minimum Gasteiger partial charge on any atom is -0.449 e. The lowest BCUT2D eigenvalue weighted by molar-refractivity contribution is -0.115. The number of aliphatic hydroxyl groups is 2. The van der Waals surface area contributed by atoms with Crippen molar-refractivity contribution in [1.29, 1.82) is 0 Å². The number of rotatable bonds is 7. The molecule has 3 aromatic rings. The molecule has 1 heterocycles. The number of benzene rings is 3. The molecule has 34 heavy (non-hydrogen) atoms. The second kappa shape index (κ2) is 9.29. The van der Waals surface area contributed by atoms with E-state index >= 15 is 0 Å². The van der Waals surface area contributed by atoms with Gasteiger partial charge < -0.3 is 25.6 Å². The number of aliphatic hydroxyl groups excluding tert-OH is 2. The van der Waals surface area contributed by atoms with Gasteiger partial charge in [-0.1, -0.05) is 66.7 Å². The minimum absolute atomic E-state index is 0.0269. The molecule has 3 aromatic carbocycles. The normalized spacial score (nSPS) is 15.6. The summed E-state index contributed by atoms with van der Waals surface area (Å²) in [6.07, 6.45) is -2.48. The number of carbonyl (C=O) groups is 2. The van der Waals surface area contributed by atoms with Gasteiger partial charge in [-0.25, -0.2) is 4.79 Å². The molecule has 7 nitrogen and oxygen atoms in total. The van der Waals surface area contributed by atoms with Crippen molar-refractivity contribution in [3.05, 3.63) is 89.0 Å². The molecule has 0 saturated heterocycles. The zero-order valence-corrected chi connectivity index (χ0v) is 18.5. The van der Waals surface area contributed by atoms with Crippen LogP contribution in [0.15, 0.2) is 66.7 Å². The molecular weight excluding hydrogens is 432 g/mol. The lowest BCUT2D eigenvalue weighted by atomic mass is 9.98. The smallest absolute Gasteiger partial charge is 0.407 e. The predicted molar refractivity (Wildman–Crippen MR) is 127 cm³/mol. The molecule has 7 heteroatoms. The second-order valence-corrected chi connectivity index (χ2v) is 8.66. The SMILES string of the molecule is O=C1Cc2cccc(C(O)C(O)CCNC(=O)OCC3c4ccccc4-c4ccccc43)c2N1. The second-order valence-electron chi connectivity index (χ2n) is 8.66. The molecule has 1 aliphatic heterocycles. The Labute approximate surface area is 197 Å². The monoisotopic (exact) mass is 458 g/mol. The number of fused-ring (bicyclic) bond motifs is 4. The number of anilines is 1. The summed E-state index contributed by atoms with van der Waals surface area (Å²) in [4.78, 5) is 24.0. The molecule has 0 saturated carbocycles. The Morgan fingerprint density at radius 3 is 2.38 bits per heavy atom. The van der Waals surface area contributed by atoms with Crippen LogP contribution in [0.25, 0.3) is 11.1 Å². The van der Waals surface area contributed by atoms with E-state index in [1.54, 1.807) is 12.1 Å². The van der Waals surface area contributed by atoms with E-state index in [-0.39, 0.29) is 37.8 Å². The van der Waals surface area contributed by atoms with Gasteiger partial charge in [0.2, 0.25) is 5.91 Å². The third-order valence-corrected chi connectivity index (χ3v) is 6.53. The highest BCUT2D eigenvalue weighted by atomic mass is 16.5.